The van der Waals surface area contributed by atoms with Gasteiger partial charge in [0.15, 0.2) is 5.96 Å². The molecule has 0 saturated carbocycles. The fourth-order valence-corrected chi connectivity index (χ4v) is 3.12. The van der Waals surface area contributed by atoms with Gasteiger partial charge in [0.05, 0.1) is 0 Å². The van der Waals surface area contributed by atoms with Crippen LogP contribution in [0, 0.1) is 0 Å². The van der Waals surface area contributed by atoms with Crippen molar-refractivity contribution in [1.82, 2.24) is 10.6 Å². The molecule has 3 rings (SSSR count). The monoisotopic (exact) mass is 379 g/mol. The molecule has 2 aromatic carbocycles. The zero-order chi connectivity index (χ0) is 19.8. The van der Waals surface area contributed by atoms with Crippen LogP contribution >= 0.6 is 0 Å². The van der Waals surface area contributed by atoms with E-state index in [9.17, 15) is 9.59 Å². The highest BCUT2D eigenvalue weighted by atomic mass is 16.2. The first-order valence-corrected chi connectivity index (χ1v) is 9.41. The molecule has 28 heavy (non-hydrogen) atoms. The maximum atomic E-state index is 12.1. The molecule has 2 aromatic rings. The smallest absolute Gasteiger partial charge is 0.246 e. The summed E-state index contributed by atoms with van der Waals surface area (Å²) in [4.78, 5) is 28.4. The van der Waals surface area contributed by atoms with Gasteiger partial charge in [0.2, 0.25) is 11.8 Å². The number of para-hydroxylation sites is 2. The summed E-state index contributed by atoms with van der Waals surface area (Å²) in [6.45, 7) is 3.20. The molecule has 0 aromatic heterocycles. The third-order valence-electron chi connectivity index (χ3n) is 4.40. The Morgan fingerprint density at radius 1 is 1.11 bits per heavy atom. The molecule has 1 aliphatic heterocycles. The summed E-state index contributed by atoms with van der Waals surface area (Å²) in [5.74, 6) is 0.418. The second-order valence-electron chi connectivity index (χ2n) is 6.53. The maximum absolute atomic E-state index is 12.1. The Morgan fingerprint density at radius 3 is 2.64 bits per heavy atom. The summed E-state index contributed by atoms with van der Waals surface area (Å²) in [5, 5.41) is 12.1. The predicted octanol–water partition coefficient (Wildman–Crippen LogP) is 2.31. The van der Waals surface area contributed by atoms with Crippen molar-refractivity contribution in [2.24, 2.45) is 4.99 Å². The number of anilines is 2. The van der Waals surface area contributed by atoms with Gasteiger partial charge in [-0.2, -0.15) is 0 Å². The Bertz CT molecular complexity index is 851. The molecule has 0 fully saturated rings. The van der Waals surface area contributed by atoms with Gasteiger partial charge < -0.3 is 21.3 Å². The van der Waals surface area contributed by atoms with E-state index in [0.717, 1.165) is 16.9 Å². The SMILES string of the molecule is CCNC(=NCC(=O)Nc1ccccc1)NCC1CC(=O)Nc2ccccc21. The minimum atomic E-state index is -0.189. The van der Waals surface area contributed by atoms with E-state index in [1.165, 1.54) is 0 Å². The largest absolute Gasteiger partial charge is 0.357 e. The van der Waals surface area contributed by atoms with Gasteiger partial charge in [0.25, 0.3) is 0 Å². The Labute approximate surface area is 164 Å². The number of hydrogen-bond donors (Lipinski definition) is 4. The number of nitrogens with one attached hydrogen (secondary N) is 4. The van der Waals surface area contributed by atoms with E-state index < -0.39 is 0 Å². The van der Waals surface area contributed by atoms with Crippen LogP contribution in [0.15, 0.2) is 59.6 Å². The molecule has 0 aliphatic carbocycles. The summed E-state index contributed by atoms with van der Waals surface area (Å²) in [7, 11) is 0. The van der Waals surface area contributed by atoms with Crippen molar-refractivity contribution in [3.8, 4) is 0 Å². The van der Waals surface area contributed by atoms with Crippen LogP contribution in [0.1, 0.15) is 24.8 Å². The fourth-order valence-electron chi connectivity index (χ4n) is 3.12. The number of guanidine groups is 1. The molecule has 7 heteroatoms. The number of rotatable bonds is 6. The molecule has 0 radical (unpaired) electrons. The highest BCUT2D eigenvalue weighted by molar-refractivity contribution is 5.95. The molecule has 7 nitrogen and oxygen atoms in total. The summed E-state index contributed by atoms with van der Waals surface area (Å²) < 4.78 is 0. The molecular formula is C21H25N5O2. The molecule has 1 aliphatic rings. The van der Waals surface area contributed by atoms with Crippen molar-refractivity contribution in [3.05, 3.63) is 60.2 Å². The van der Waals surface area contributed by atoms with Gasteiger partial charge in [0.1, 0.15) is 6.54 Å². The van der Waals surface area contributed by atoms with Crippen LogP contribution < -0.4 is 21.3 Å². The molecule has 0 saturated heterocycles. The zero-order valence-electron chi connectivity index (χ0n) is 15.9. The highest BCUT2D eigenvalue weighted by Gasteiger charge is 2.24. The number of amides is 2. The average molecular weight is 379 g/mol. The first-order valence-electron chi connectivity index (χ1n) is 9.41. The van der Waals surface area contributed by atoms with Gasteiger partial charge in [-0.25, -0.2) is 4.99 Å². The molecule has 1 atom stereocenters. The van der Waals surface area contributed by atoms with E-state index in [0.29, 0.717) is 25.5 Å². The minimum absolute atomic E-state index is 0.00592. The third kappa shape index (κ3) is 5.33. The van der Waals surface area contributed by atoms with Crippen molar-refractivity contribution < 1.29 is 9.59 Å². The van der Waals surface area contributed by atoms with Gasteiger partial charge in [-0.3, -0.25) is 9.59 Å². The Balaban J connectivity index is 1.59. The van der Waals surface area contributed by atoms with E-state index >= 15 is 0 Å². The van der Waals surface area contributed by atoms with Crippen molar-refractivity contribution >= 4 is 29.1 Å². The van der Waals surface area contributed by atoms with E-state index in [1.807, 2.05) is 61.5 Å². The molecule has 1 unspecified atom stereocenters. The van der Waals surface area contributed by atoms with Crippen molar-refractivity contribution in [3.63, 3.8) is 0 Å². The number of carbonyl (C=O) groups excluding carboxylic acids is 2. The minimum Gasteiger partial charge on any atom is -0.357 e. The van der Waals surface area contributed by atoms with E-state index in [2.05, 4.69) is 26.3 Å². The Hall–Kier alpha value is -3.35. The number of fused-ring (bicyclic) bond motifs is 1. The number of carbonyl (C=O) groups is 2. The van der Waals surface area contributed by atoms with Crippen LogP contribution in [0.4, 0.5) is 11.4 Å². The topological polar surface area (TPSA) is 94.6 Å². The normalized spacial score (nSPS) is 16.0. The molecular weight excluding hydrogens is 354 g/mol. The second-order valence-corrected chi connectivity index (χ2v) is 6.53. The van der Waals surface area contributed by atoms with Crippen LogP contribution in [-0.2, 0) is 9.59 Å². The maximum Gasteiger partial charge on any atom is 0.246 e. The van der Waals surface area contributed by atoms with E-state index in [4.69, 9.17) is 0 Å². The standard InChI is InChI=1S/C21H25N5O2/c1-2-22-21(24-14-20(28)25-16-8-4-3-5-9-16)23-13-15-12-19(27)26-18-11-7-6-10-17(15)18/h3-11,15H,2,12-14H2,1H3,(H,25,28)(H,26,27)(H2,22,23,24). The zero-order valence-corrected chi connectivity index (χ0v) is 15.9. The Kier molecular flexibility index (Phi) is 6.62. The van der Waals surface area contributed by atoms with Gasteiger partial charge in [-0.15, -0.1) is 0 Å². The lowest BCUT2D eigenvalue weighted by Crippen LogP contribution is -2.41. The van der Waals surface area contributed by atoms with Crippen LogP contribution in [0.3, 0.4) is 0 Å². The summed E-state index contributed by atoms with van der Waals surface area (Å²) in [6, 6.07) is 17.1. The molecule has 1 heterocycles. The first kappa shape index (κ1) is 19.4. The van der Waals surface area contributed by atoms with Gasteiger partial charge in [0, 0.05) is 36.8 Å². The average Bonchev–Trinajstić information content (AvgIpc) is 2.70. The summed E-state index contributed by atoms with van der Waals surface area (Å²) >= 11 is 0. The van der Waals surface area contributed by atoms with Crippen molar-refractivity contribution in [2.45, 2.75) is 19.3 Å². The summed E-state index contributed by atoms with van der Waals surface area (Å²) in [5.41, 5.74) is 2.70. The fraction of sp³-hybridized carbons (Fsp3) is 0.286. The van der Waals surface area contributed by atoms with Crippen LogP contribution in [0.5, 0.6) is 0 Å². The molecule has 0 spiro atoms. The van der Waals surface area contributed by atoms with E-state index in [1.54, 1.807) is 0 Å². The molecule has 0 bridgehead atoms. The number of benzene rings is 2. The van der Waals surface area contributed by atoms with Crippen LogP contribution in [-0.4, -0.2) is 37.4 Å². The van der Waals surface area contributed by atoms with Crippen molar-refractivity contribution in [2.75, 3.05) is 30.3 Å². The quantitative estimate of drug-likeness (QED) is 0.458. The third-order valence-corrected chi connectivity index (χ3v) is 4.40. The number of nitrogens with zero attached hydrogens (tertiary/aromatic N) is 1. The molecule has 2 amide bonds. The van der Waals surface area contributed by atoms with Gasteiger partial charge in [-0.1, -0.05) is 36.4 Å². The van der Waals surface area contributed by atoms with Gasteiger partial charge in [-0.05, 0) is 30.7 Å². The van der Waals surface area contributed by atoms with Crippen LogP contribution in [0.25, 0.3) is 0 Å². The van der Waals surface area contributed by atoms with Gasteiger partial charge >= 0.3 is 0 Å². The van der Waals surface area contributed by atoms with Crippen molar-refractivity contribution in [1.29, 1.82) is 0 Å². The first-order chi connectivity index (χ1) is 13.7. The second kappa shape index (κ2) is 9.55. The van der Waals surface area contributed by atoms with E-state index in [-0.39, 0.29) is 24.3 Å². The summed E-state index contributed by atoms with van der Waals surface area (Å²) in [6.07, 6.45) is 0.415. The number of hydrogen-bond acceptors (Lipinski definition) is 3. The molecule has 4 N–H and O–H groups in total. The predicted molar refractivity (Wildman–Crippen MR) is 111 cm³/mol. The lowest BCUT2D eigenvalue weighted by molar-refractivity contribution is -0.117. The number of aliphatic imine (C=N–C) groups is 1. The lowest BCUT2D eigenvalue weighted by Gasteiger charge is -2.26. The Morgan fingerprint density at radius 2 is 1.86 bits per heavy atom. The lowest BCUT2D eigenvalue weighted by atomic mass is 9.90. The van der Waals surface area contributed by atoms with Crippen LogP contribution in [0.2, 0.25) is 0 Å². The molecule has 146 valence electrons. The highest BCUT2D eigenvalue weighted by Crippen LogP contribution is 2.31.